The van der Waals surface area contributed by atoms with Crippen molar-refractivity contribution in [2.24, 2.45) is 0 Å². The second kappa shape index (κ2) is 9.48. The Morgan fingerprint density at radius 2 is 1.97 bits per heavy atom. The number of aromatic nitrogens is 1. The standard InChI is InChI=1S/C24H21ClN2O7/c1-2-12-6-23(30)34-20-9-21(17(25)8-16(12)20)33-11-22(29)27-19(24(31)32)5-13-10-26-18-4-3-14(28)7-15(13)18/h3-4,6-10,19,26,28H,2,5,11H2,1H3,(H,27,29)(H,31,32)/t19-/m0/s1. The number of aliphatic carboxylic acids is 1. The first-order valence-corrected chi connectivity index (χ1v) is 10.8. The molecule has 0 unspecified atom stereocenters. The summed E-state index contributed by atoms with van der Waals surface area (Å²) in [6, 6.07) is 7.91. The first kappa shape index (κ1) is 23.2. The molecule has 10 heteroatoms. The Kier molecular flexibility index (Phi) is 6.47. The first-order chi connectivity index (χ1) is 16.2. The minimum Gasteiger partial charge on any atom is -0.508 e. The van der Waals surface area contributed by atoms with Gasteiger partial charge in [-0.05, 0) is 41.8 Å². The largest absolute Gasteiger partial charge is 0.508 e. The van der Waals surface area contributed by atoms with Crippen molar-refractivity contribution in [2.75, 3.05) is 6.61 Å². The molecule has 1 atom stereocenters. The summed E-state index contributed by atoms with van der Waals surface area (Å²) in [5.74, 6) is -1.72. The zero-order valence-electron chi connectivity index (χ0n) is 18.1. The lowest BCUT2D eigenvalue weighted by atomic mass is 10.0. The smallest absolute Gasteiger partial charge is 0.336 e. The molecule has 176 valence electrons. The second-order valence-electron chi connectivity index (χ2n) is 7.72. The number of aryl methyl sites for hydroxylation is 1. The number of H-pyrrole nitrogens is 1. The SMILES string of the molecule is CCc1cc(=O)oc2cc(OCC(=O)N[C@@H](Cc3c[nH]c4ccc(O)cc34)C(=O)O)c(Cl)cc12. The van der Waals surface area contributed by atoms with Crippen LogP contribution in [0.3, 0.4) is 0 Å². The number of carbonyl (C=O) groups is 2. The van der Waals surface area contributed by atoms with Gasteiger partial charge in [0.05, 0.1) is 5.02 Å². The van der Waals surface area contributed by atoms with Gasteiger partial charge in [-0.15, -0.1) is 0 Å². The van der Waals surface area contributed by atoms with Crippen molar-refractivity contribution in [1.82, 2.24) is 10.3 Å². The molecule has 0 aliphatic carbocycles. The minimum atomic E-state index is -1.23. The molecule has 4 rings (SSSR count). The van der Waals surface area contributed by atoms with Crippen molar-refractivity contribution in [3.05, 3.63) is 69.2 Å². The van der Waals surface area contributed by atoms with E-state index in [2.05, 4.69) is 10.3 Å². The number of nitrogens with one attached hydrogen (secondary N) is 2. The molecular weight excluding hydrogens is 464 g/mol. The van der Waals surface area contributed by atoms with Gasteiger partial charge in [-0.1, -0.05) is 18.5 Å². The van der Waals surface area contributed by atoms with E-state index in [0.29, 0.717) is 22.8 Å². The van der Waals surface area contributed by atoms with Crippen LogP contribution >= 0.6 is 11.6 Å². The average Bonchev–Trinajstić information content (AvgIpc) is 3.18. The fourth-order valence-electron chi connectivity index (χ4n) is 3.77. The van der Waals surface area contributed by atoms with Crippen LogP contribution < -0.4 is 15.7 Å². The highest BCUT2D eigenvalue weighted by molar-refractivity contribution is 6.32. The second-order valence-corrected chi connectivity index (χ2v) is 8.13. The van der Waals surface area contributed by atoms with Crippen LogP contribution in [-0.4, -0.2) is 39.7 Å². The number of halogens is 1. The molecule has 0 fully saturated rings. The Labute approximate surface area is 197 Å². The maximum absolute atomic E-state index is 12.4. The number of amides is 1. The van der Waals surface area contributed by atoms with Crippen LogP contribution in [0.4, 0.5) is 0 Å². The number of aromatic amines is 1. The van der Waals surface area contributed by atoms with E-state index in [1.807, 2.05) is 6.92 Å². The van der Waals surface area contributed by atoms with Crippen LogP contribution in [0, 0.1) is 0 Å². The maximum Gasteiger partial charge on any atom is 0.336 e. The Hall–Kier alpha value is -3.98. The van der Waals surface area contributed by atoms with Gasteiger partial charge in [-0.3, -0.25) is 4.79 Å². The summed E-state index contributed by atoms with van der Waals surface area (Å²) in [5, 5.41) is 23.3. The number of carboxylic acids is 1. The first-order valence-electron chi connectivity index (χ1n) is 10.5. The van der Waals surface area contributed by atoms with Crippen molar-refractivity contribution >= 4 is 45.3 Å². The van der Waals surface area contributed by atoms with Gasteiger partial charge >= 0.3 is 11.6 Å². The summed E-state index contributed by atoms with van der Waals surface area (Å²) in [5.41, 5.74) is 1.89. The highest BCUT2D eigenvalue weighted by Crippen LogP contribution is 2.31. The van der Waals surface area contributed by atoms with Crippen LogP contribution in [0.2, 0.25) is 5.02 Å². The molecule has 2 aromatic carbocycles. The van der Waals surface area contributed by atoms with Gasteiger partial charge in [0.1, 0.15) is 23.1 Å². The quantitative estimate of drug-likeness (QED) is 0.281. The monoisotopic (exact) mass is 484 g/mol. The molecule has 2 aromatic heterocycles. The van der Waals surface area contributed by atoms with E-state index in [4.69, 9.17) is 20.8 Å². The van der Waals surface area contributed by atoms with Crippen LogP contribution in [0.15, 0.2) is 51.8 Å². The fourth-order valence-corrected chi connectivity index (χ4v) is 3.98. The highest BCUT2D eigenvalue weighted by atomic mass is 35.5. The molecule has 0 saturated heterocycles. The average molecular weight is 485 g/mol. The summed E-state index contributed by atoms with van der Waals surface area (Å²) < 4.78 is 10.7. The van der Waals surface area contributed by atoms with E-state index in [0.717, 1.165) is 11.1 Å². The lowest BCUT2D eigenvalue weighted by Gasteiger charge is -2.15. The third-order valence-corrected chi connectivity index (χ3v) is 5.73. The molecule has 9 nitrogen and oxygen atoms in total. The van der Waals surface area contributed by atoms with E-state index in [-0.39, 0.29) is 28.5 Å². The zero-order valence-corrected chi connectivity index (χ0v) is 18.8. The number of phenolic OH excluding ortho intramolecular Hbond substituents is 1. The number of rotatable bonds is 8. The van der Waals surface area contributed by atoms with E-state index in [1.54, 1.807) is 18.3 Å². The molecule has 0 radical (unpaired) electrons. The number of carboxylic acid groups (broad SMARTS) is 1. The lowest BCUT2D eigenvalue weighted by molar-refractivity contribution is -0.142. The summed E-state index contributed by atoms with van der Waals surface area (Å²) in [6.07, 6.45) is 2.23. The van der Waals surface area contributed by atoms with Gasteiger partial charge < -0.3 is 29.7 Å². The molecule has 0 bridgehead atoms. The number of ether oxygens (including phenoxy) is 1. The van der Waals surface area contributed by atoms with Gasteiger partial charge in [0, 0.05) is 41.0 Å². The topological polar surface area (TPSA) is 142 Å². The lowest BCUT2D eigenvalue weighted by Crippen LogP contribution is -2.44. The number of phenols is 1. The summed E-state index contributed by atoms with van der Waals surface area (Å²) in [6.45, 7) is 1.40. The van der Waals surface area contributed by atoms with Gasteiger partial charge in [-0.2, -0.15) is 0 Å². The molecule has 4 N–H and O–H groups in total. The van der Waals surface area contributed by atoms with Crippen molar-refractivity contribution in [3.8, 4) is 11.5 Å². The summed E-state index contributed by atoms with van der Waals surface area (Å²) >= 11 is 6.28. The molecule has 0 aliphatic heterocycles. The van der Waals surface area contributed by atoms with Crippen LogP contribution in [0.5, 0.6) is 11.5 Å². The fraction of sp³-hybridized carbons (Fsp3) is 0.208. The predicted octanol–water partition coefficient (Wildman–Crippen LogP) is 3.39. The number of hydrogen-bond acceptors (Lipinski definition) is 6. The van der Waals surface area contributed by atoms with E-state index >= 15 is 0 Å². The molecule has 0 aliphatic rings. The van der Waals surface area contributed by atoms with E-state index in [9.17, 15) is 24.6 Å². The predicted molar refractivity (Wildman–Crippen MR) is 126 cm³/mol. The number of carbonyl (C=O) groups excluding carboxylic acids is 1. The molecular formula is C24H21ClN2O7. The third kappa shape index (κ3) is 4.84. The van der Waals surface area contributed by atoms with Crippen LogP contribution in [-0.2, 0) is 22.4 Å². The normalized spacial score (nSPS) is 12.1. The Morgan fingerprint density at radius 1 is 1.18 bits per heavy atom. The summed E-state index contributed by atoms with van der Waals surface area (Å²) in [4.78, 5) is 39.0. The number of hydrogen-bond donors (Lipinski definition) is 4. The van der Waals surface area contributed by atoms with Crippen molar-refractivity contribution in [1.29, 1.82) is 0 Å². The van der Waals surface area contributed by atoms with Crippen LogP contribution in [0.25, 0.3) is 21.9 Å². The molecule has 4 aromatic rings. The summed E-state index contributed by atoms with van der Waals surface area (Å²) in [7, 11) is 0. The number of benzene rings is 2. The Morgan fingerprint density at radius 3 is 2.71 bits per heavy atom. The van der Waals surface area contributed by atoms with Crippen molar-refractivity contribution < 1.29 is 29.0 Å². The molecule has 1 amide bonds. The highest BCUT2D eigenvalue weighted by Gasteiger charge is 2.22. The Bertz CT molecular complexity index is 1460. The van der Waals surface area contributed by atoms with Gasteiger partial charge in [-0.25, -0.2) is 9.59 Å². The Balaban J connectivity index is 1.47. The zero-order chi connectivity index (χ0) is 24.4. The minimum absolute atomic E-state index is 0.00773. The molecule has 0 spiro atoms. The molecule has 0 saturated carbocycles. The van der Waals surface area contributed by atoms with Crippen molar-refractivity contribution in [2.45, 2.75) is 25.8 Å². The van der Waals surface area contributed by atoms with Crippen LogP contribution in [0.1, 0.15) is 18.1 Å². The third-order valence-electron chi connectivity index (χ3n) is 5.43. The molecule has 2 heterocycles. The van der Waals surface area contributed by atoms with E-state index < -0.39 is 30.2 Å². The maximum atomic E-state index is 12.4. The van der Waals surface area contributed by atoms with E-state index in [1.165, 1.54) is 24.3 Å². The van der Waals surface area contributed by atoms with Gasteiger partial charge in [0.15, 0.2) is 6.61 Å². The number of aromatic hydroxyl groups is 1. The number of fused-ring (bicyclic) bond motifs is 2. The van der Waals surface area contributed by atoms with Gasteiger partial charge in [0.2, 0.25) is 0 Å². The molecule has 34 heavy (non-hydrogen) atoms. The van der Waals surface area contributed by atoms with Crippen molar-refractivity contribution in [3.63, 3.8) is 0 Å². The van der Waals surface area contributed by atoms with Gasteiger partial charge in [0.25, 0.3) is 5.91 Å².